The second-order valence-corrected chi connectivity index (χ2v) is 7.10. The lowest BCUT2D eigenvalue weighted by Crippen LogP contribution is -2.37. The van der Waals surface area contributed by atoms with E-state index in [1.807, 2.05) is 0 Å². The fraction of sp³-hybridized carbons (Fsp3) is 0.0435. The van der Waals surface area contributed by atoms with Crippen molar-refractivity contribution in [3.05, 3.63) is 90.3 Å². The predicted molar refractivity (Wildman–Crippen MR) is 116 cm³/mol. The van der Waals surface area contributed by atoms with Gasteiger partial charge in [-0.1, -0.05) is 12.1 Å². The summed E-state index contributed by atoms with van der Waals surface area (Å²) in [5.41, 5.74) is 1.10. The number of carbonyl (C=O) groups is 3. The zero-order valence-electron chi connectivity index (χ0n) is 17.1. The molecule has 162 valence electrons. The van der Waals surface area contributed by atoms with Crippen molar-refractivity contribution in [2.45, 2.75) is 0 Å². The first-order valence-electron chi connectivity index (χ1n) is 9.95. The SMILES string of the molecule is O=C(CN1C(=O)c2ccccc2C1=O)Nc1ccc(Oc2ccc(-n3cccn3)nn2)cc1. The van der Waals surface area contributed by atoms with Gasteiger partial charge in [-0.25, -0.2) is 4.68 Å². The minimum absolute atomic E-state index is 0.299. The van der Waals surface area contributed by atoms with Crippen molar-refractivity contribution in [1.29, 1.82) is 0 Å². The summed E-state index contributed by atoms with van der Waals surface area (Å²) in [5, 5.41) is 14.8. The molecule has 0 fully saturated rings. The van der Waals surface area contributed by atoms with Gasteiger partial charge in [-0.05, 0) is 48.5 Å². The molecule has 4 aromatic rings. The summed E-state index contributed by atoms with van der Waals surface area (Å²) in [6.45, 7) is -0.372. The maximum atomic E-state index is 12.4. The number of carbonyl (C=O) groups excluding carboxylic acids is 3. The molecule has 5 rings (SSSR count). The Bertz CT molecular complexity index is 1300. The molecule has 0 spiro atoms. The number of nitrogens with zero attached hydrogens (tertiary/aromatic N) is 5. The maximum Gasteiger partial charge on any atom is 0.262 e. The fourth-order valence-corrected chi connectivity index (χ4v) is 3.35. The molecule has 1 N–H and O–H groups in total. The molecule has 2 aromatic carbocycles. The van der Waals surface area contributed by atoms with Crippen LogP contribution in [0, 0.1) is 0 Å². The molecule has 0 aliphatic carbocycles. The van der Waals surface area contributed by atoms with Crippen molar-refractivity contribution in [2.75, 3.05) is 11.9 Å². The lowest BCUT2D eigenvalue weighted by Gasteiger charge is -2.14. The summed E-state index contributed by atoms with van der Waals surface area (Å²) < 4.78 is 7.25. The number of amides is 3. The van der Waals surface area contributed by atoms with Crippen molar-refractivity contribution in [3.63, 3.8) is 0 Å². The Balaban J connectivity index is 1.18. The molecule has 2 aromatic heterocycles. The molecule has 10 nitrogen and oxygen atoms in total. The van der Waals surface area contributed by atoms with Gasteiger partial charge in [-0.2, -0.15) is 5.10 Å². The molecular weight excluding hydrogens is 424 g/mol. The van der Waals surface area contributed by atoms with Crippen molar-refractivity contribution < 1.29 is 19.1 Å². The predicted octanol–water partition coefficient (Wildman–Crippen LogP) is 2.69. The van der Waals surface area contributed by atoms with E-state index in [0.717, 1.165) is 4.90 Å². The Morgan fingerprint density at radius 1 is 0.879 bits per heavy atom. The summed E-state index contributed by atoms with van der Waals surface area (Å²) in [6.07, 6.45) is 3.40. The quantitative estimate of drug-likeness (QED) is 0.458. The van der Waals surface area contributed by atoms with Crippen molar-refractivity contribution >= 4 is 23.4 Å². The summed E-state index contributed by atoms with van der Waals surface area (Å²) in [7, 11) is 0. The first-order chi connectivity index (χ1) is 16.1. The van der Waals surface area contributed by atoms with Gasteiger partial charge in [0, 0.05) is 24.1 Å². The van der Waals surface area contributed by atoms with Gasteiger partial charge >= 0.3 is 0 Å². The van der Waals surface area contributed by atoms with Gasteiger partial charge in [0.15, 0.2) is 5.82 Å². The summed E-state index contributed by atoms with van der Waals surface area (Å²) in [5.74, 6) is -0.0899. The van der Waals surface area contributed by atoms with E-state index >= 15 is 0 Å². The molecule has 10 heteroatoms. The van der Waals surface area contributed by atoms with Gasteiger partial charge in [0.05, 0.1) is 11.1 Å². The molecule has 0 atom stereocenters. The number of aromatic nitrogens is 4. The van der Waals surface area contributed by atoms with E-state index in [1.165, 1.54) is 0 Å². The number of hydrogen-bond donors (Lipinski definition) is 1. The highest BCUT2D eigenvalue weighted by Crippen LogP contribution is 2.23. The molecule has 0 saturated carbocycles. The Kier molecular flexibility index (Phi) is 5.07. The van der Waals surface area contributed by atoms with E-state index in [1.54, 1.807) is 83.8 Å². The van der Waals surface area contributed by atoms with Crippen LogP contribution < -0.4 is 10.1 Å². The number of fused-ring (bicyclic) bond motifs is 1. The van der Waals surface area contributed by atoms with Crippen molar-refractivity contribution in [2.24, 2.45) is 0 Å². The number of benzene rings is 2. The Hall–Kier alpha value is -4.86. The highest BCUT2D eigenvalue weighted by atomic mass is 16.5. The summed E-state index contributed by atoms with van der Waals surface area (Å²) in [6, 6.07) is 18.3. The van der Waals surface area contributed by atoms with Crippen LogP contribution in [-0.4, -0.2) is 49.1 Å². The van der Waals surface area contributed by atoms with Crippen LogP contribution in [0.5, 0.6) is 11.6 Å². The standard InChI is InChI=1S/C23H16N6O4/c30-20(14-28-22(31)17-4-1-2-5-18(17)23(28)32)25-15-6-8-16(9-7-15)33-21-11-10-19(26-27-21)29-13-3-12-24-29/h1-13H,14H2,(H,25,30). The topological polar surface area (TPSA) is 119 Å². The number of nitrogens with one attached hydrogen (secondary N) is 1. The number of hydrogen-bond acceptors (Lipinski definition) is 7. The van der Waals surface area contributed by atoms with E-state index in [4.69, 9.17) is 4.74 Å². The molecule has 0 saturated heterocycles. The molecule has 0 radical (unpaired) electrons. The van der Waals surface area contributed by atoms with Gasteiger partial charge in [-0.15, -0.1) is 10.2 Å². The van der Waals surface area contributed by atoms with Crippen LogP contribution in [0.2, 0.25) is 0 Å². The summed E-state index contributed by atoms with van der Waals surface area (Å²) >= 11 is 0. The molecule has 33 heavy (non-hydrogen) atoms. The molecule has 1 aliphatic rings. The Labute approximate surface area is 187 Å². The molecule has 0 bridgehead atoms. The van der Waals surface area contributed by atoms with Gasteiger partial charge < -0.3 is 10.1 Å². The van der Waals surface area contributed by atoms with Crippen LogP contribution in [0.15, 0.2) is 79.1 Å². The van der Waals surface area contributed by atoms with Crippen LogP contribution in [0.1, 0.15) is 20.7 Å². The van der Waals surface area contributed by atoms with E-state index in [2.05, 4.69) is 20.6 Å². The first kappa shape index (κ1) is 20.1. The molecule has 0 unspecified atom stereocenters. The van der Waals surface area contributed by atoms with E-state index < -0.39 is 17.7 Å². The Morgan fingerprint density at radius 2 is 1.61 bits per heavy atom. The molecule has 1 aliphatic heterocycles. The van der Waals surface area contributed by atoms with E-state index in [-0.39, 0.29) is 6.54 Å². The van der Waals surface area contributed by atoms with Gasteiger partial charge in [0.2, 0.25) is 11.8 Å². The second kappa shape index (κ2) is 8.35. The average Bonchev–Trinajstić information content (AvgIpc) is 3.45. The summed E-state index contributed by atoms with van der Waals surface area (Å²) in [4.78, 5) is 38.1. The molecular formula is C23H16N6O4. The monoisotopic (exact) mass is 440 g/mol. The van der Waals surface area contributed by atoms with Crippen LogP contribution in [0.4, 0.5) is 5.69 Å². The van der Waals surface area contributed by atoms with Gasteiger partial charge in [-0.3, -0.25) is 19.3 Å². The van der Waals surface area contributed by atoms with Crippen LogP contribution in [0.25, 0.3) is 5.82 Å². The molecule has 3 amide bonds. The van der Waals surface area contributed by atoms with Crippen LogP contribution in [-0.2, 0) is 4.79 Å². The third-order valence-corrected chi connectivity index (χ3v) is 4.91. The number of rotatable bonds is 6. The first-order valence-corrected chi connectivity index (χ1v) is 9.95. The normalized spacial score (nSPS) is 12.5. The van der Waals surface area contributed by atoms with Gasteiger partial charge in [0.25, 0.3) is 11.8 Å². The zero-order chi connectivity index (χ0) is 22.8. The number of ether oxygens (including phenoxy) is 1. The third-order valence-electron chi connectivity index (χ3n) is 4.91. The largest absolute Gasteiger partial charge is 0.438 e. The fourth-order valence-electron chi connectivity index (χ4n) is 3.35. The zero-order valence-corrected chi connectivity index (χ0v) is 17.1. The smallest absolute Gasteiger partial charge is 0.262 e. The highest BCUT2D eigenvalue weighted by Gasteiger charge is 2.36. The second-order valence-electron chi connectivity index (χ2n) is 7.10. The highest BCUT2D eigenvalue weighted by molar-refractivity contribution is 6.22. The van der Waals surface area contributed by atoms with Crippen molar-refractivity contribution in [3.8, 4) is 17.4 Å². The van der Waals surface area contributed by atoms with Crippen LogP contribution >= 0.6 is 0 Å². The van der Waals surface area contributed by atoms with E-state index in [0.29, 0.717) is 34.3 Å². The number of anilines is 1. The van der Waals surface area contributed by atoms with Gasteiger partial charge in [0.1, 0.15) is 12.3 Å². The number of imide groups is 1. The minimum atomic E-state index is -0.488. The average molecular weight is 440 g/mol. The lowest BCUT2D eigenvalue weighted by atomic mass is 10.1. The minimum Gasteiger partial charge on any atom is -0.438 e. The van der Waals surface area contributed by atoms with Crippen LogP contribution in [0.3, 0.4) is 0 Å². The Morgan fingerprint density at radius 3 is 2.21 bits per heavy atom. The molecule has 3 heterocycles. The third kappa shape index (κ3) is 4.04. The lowest BCUT2D eigenvalue weighted by molar-refractivity contribution is -0.116. The maximum absolute atomic E-state index is 12.4. The van der Waals surface area contributed by atoms with Crippen molar-refractivity contribution in [1.82, 2.24) is 24.9 Å². The van der Waals surface area contributed by atoms with E-state index in [9.17, 15) is 14.4 Å².